The van der Waals surface area contributed by atoms with Crippen LogP contribution in [0.15, 0.2) is 53.6 Å². The molecule has 0 saturated heterocycles. The van der Waals surface area contributed by atoms with E-state index in [0.717, 1.165) is 0 Å². The summed E-state index contributed by atoms with van der Waals surface area (Å²) < 4.78 is 0. The van der Waals surface area contributed by atoms with Gasteiger partial charge in [-0.2, -0.15) is 0 Å². The van der Waals surface area contributed by atoms with E-state index in [2.05, 4.69) is 84.0 Å². The van der Waals surface area contributed by atoms with Crippen molar-refractivity contribution in [3.8, 4) is 0 Å². The van der Waals surface area contributed by atoms with Crippen molar-refractivity contribution in [2.45, 2.75) is 73.1 Å². The van der Waals surface area contributed by atoms with Crippen LogP contribution in [-0.2, 0) is 0 Å². The standard InChI is InChI=1S/C25H34.Li.H/c1-7-8-11-18-14-15-19(16-18)25(5,6)23-17-22(24(2,3)4)20-12-9-10-13-21(20)23;;/h9-10,12-15,17,23H,7-8,11,16H2,1-6H3;;/q;+1;-1. The van der Waals surface area contributed by atoms with Gasteiger partial charge in [-0.25, -0.2) is 0 Å². The molecule has 0 radical (unpaired) electrons. The Labute approximate surface area is 174 Å². The normalized spacial score (nSPS) is 19.5. The van der Waals surface area contributed by atoms with Crippen molar-refractivity contribution >= 4 is 5.57 Å². The first kappa shape index (κ1) is 21.3. The molecule has 136 valence electrons. The Morgan fingerprint density at radius 1 is 1.04 bits per heavy atom. The van der Waals surface area contributed by atoms with E-state index in [9.17, 15) is 0 Å². The van der Waals surface area contributed by atoms with Crippen molar-refractivity contribution in [1.29, 1.82) is 0 Å². The third kappa shape index (κ3) is 3.98. The second-order valence-corrected chi connectivity index (χ2v) is 9.41. The third-order valence-electron chi connectivity index (χ3n) is 6.12. The van der Waals surface area contributed by atoms with Crippen molar-refractivity contribution < 1.29 is 20.3 Å². The molecule has 0 nitrogen and oxygen atoms in total. The van der Waals surface area contributed by atoms with Gasteiger partial charge in [-0.15, -0.1) is 0 Å². The smallest absolute Gasteiger partial charge is 1.00 e. The minimum atomic E-state index is 0. The van der Waals surface area contributed by atoms with E-state index in [-0.39, 0.29) is 31.1 Å². The Balaban J connectivity index is 0.00000182. The van der Waals surface area contributed by atoms with E-state index in [1.165, 1.54) is 42.4 Å². The van der Waals surface area contributed by atoms with Gasteiger partial charge in [-0.3, -0.25) is 0 Å². The van der Waals surface area contributed by atoms with Gasteiger partial charge in [0, 0.05) is 5.92 Å². The third-order valence-corrected chi connectivity index (χ3v) is 6.12. The number of allylic oxidation sites excluding steroid dienone is 6. The molecule has 3 rings (SSSR count). The number of hydrogen-bond acceptors (Lipinski definition) is 0. The fourth-order valence-electron chi connectivity index (χ4n) is 4.41. The van der Waals surface area contributed by atoms with Crippen LogP contribution in [0.25, 0.3) is 5.57 Å². The van der Waals surface area contributed by atoms with Crippen LogP contribution in [0, 0.1) is 10.8 Å². The van der Waals surface area contributed by atoms with Crippen molar-refractivity contribution in [1.82, 2.24) is 0 Å². The van der Waals surface area contributed by atoms with Crippen LogP contribution in [0.2, 0.25) is 0 Å². The quantitative estimate of drug-likeness (QED) is 0.674. The van der Waals surface area contributed by atoms with Gasteiger partial charge in [0.15, 0.2) is 0 Å². The van der Waals surface area contributed by atoms with Gasteiger partial charge >= 0.3 is 18.9 Å². The maximum absolute atomic E-state index is 2.57. The molecule has 0 aromatic heterocycles. The van der Waals surface area contributed by atoms with Crippen LogP contribution < -0.4 is 18.9 Å². The summed E-state index contributed by atoms with van der Waals surface area (Å²) in [7, 11) is 0. The molecule has 1 atom stereocenters. The first-order valence-electron chi connectivity index (χ1n) is 9.96. The van der Waals surface area contributed by atoms with Gasteiger partial charge in [0.05, 0.1) is 0 Å². The van der Waals surface area contributed by atoms with Crippen LogP contribution in [0.1, 0.15) is 85.7 Å². The molecule has 0 heterocycles. The number of rotatable bonds is 5. The van der Waals surface area contributed by atoms with E-state index in [1.807, 2.05) is 0 Å². The van der Waals surface area contributed by atoms with Crippen molar-refractivity contribution in [3.05, 3.63) is 64.8 Å². The van der Waals surface area contributed by atoms with E-state index in [4.69, 9.17) is 0 Å². The molecule has 0 N–H and O–H groups in total. The first-order valence-corrected chi connectivity index (χ1v) is 9.96. The molecule has 0 spiro atoms. The molecular weight excluding hydrogens is 307 g/mol. The minimum absolute atomic E-state index is 0. The van der Waals surface area contributed by atoms with Gasteiger partial charge in [0.1, 0.15) is 0 Å². The van der Waals surface area contributed by atoms with E-state index in [0.29, 0.717) is 5.92 Å². The summed E-state index contributed by atoms with van der Waals surface area (Å²) in [6, 6.07) is 9.05. The van der Waals surface area contributed by atoms with Gasteiger partial charge in [-0.1, -0.05) is 102 Å². The van der Waals surface area contributed by atoms with Gasteiger partial charge in [0.25, 0.3) is 0 Å². The summed E-state index contributed by atoms with van der Waals surface area (Å²) in [5.41, 5.74) is 8.06. The average molecular weight is 342 g/mol. The maximum Gasteiger partial charge on any atom is 1.00 e. The van der Waals surface area contributed by atoms with Crippen molar-refractivity contribution in [3.63, 3.8) is 0 Å². The summed E-state index contributed by atoms with van der Waals surface area (Å²) in [5, 5.41) is 0. The number of hydrogen-bond donors (Lipinski definition) is 0. The average Bonchev–Trinajstić information content (AvgIpc) is 3.17. The van der Waals surface area contributed by atoms with Crippen LogP contribution in [0.4, 0.5) is 0 Å². The summed E-state index contributed by atoms with van der Waals surface area (Å²) in [5.74, 6) is 0.475. The summed E-state index contributed by atoms with van der Waals surface area (Å²) in [6.45, 7) is 14.2. The molecule has 0 bridgehead atoms. The molecule has 1 aromatic carbocycles. The Bertz CT molecular complexity index is 744. The van der Waals surface area contributed by atoms with Gasteiger partial charge in [0.2, 0.25) is 0 Å². The topological polar surface area (TPSA) is 0 Å². The fourth-order valence-corrected chi connectivity index (χ4v) is 4.41. The fraction of sp³-hybridized carbons (Fsp3) is 0.520. The van der Waals surface area contributed by atoms with Crippen LogP contribution in [-0.4, -0.2) is 0 Å². The predicted molar refractivity (Wildman–Crippen MR) is 112 cm³/mol. The van der Waals surface area contributed by atoms with Crippen LogP contribution in [0.5, 0.6) is 0 Å². The van der Waals surface area contributed by atoms with Crippen LogP contribution in [0.3, 0.4) is 0 Å². The molecular formula is C25H35Li. The van der Waals surface area contributed by atoms with Crippen LogP contribution >= 0.6 is 0 Å². The summed E-state index contributed by atoms with van der Waals surface area (Å²) in [4.78, 5) is 0. The van der Waals surface area contributed by atoms with E-state index >= 15 is 0 Å². The summed E-state index contributed by atoms with van der Waals surface area (Å²) in [6.07, 6.45) is 12.4. The molecule has 0 fully saturated rings. The minimum Gasteiger partial charge on any atom is -1.00 e. The van der Waals surface area contributed by atoms with E-state index in [1.54, 1.807) is 11.1 Å². The Kier molecular flexibility index (Phi) is 6.53. The number of unbranched alkanes of at least 4 members (excludes halogenated alkanes) is 1. The molecule has 26 heavy (non-hydrogen) atoms. The molecule has 0 saturated carbocycles. The molecule has 0 amide bonds. The zero-order chi connectivity index (χ0) is 18.2. The zero-order valence-electron chi connectivity index (χ0n) is 18.9. The maximum atomic E-state index is 2.57. The largest absolute Gasteiger partial charge is 1.00 e. The monoisotopic (exact) mass is 342 g/mol. The second kappa shape index (κ2) is 7.96. The van der Waals surface area contributed by atoms with Gasteiger partial charge < -0.3 is 1.43 Å². The molecule has 1 heteroatoms. The summed E-state index contributed by atoms with van der Waals surface area (Å²) >= 11 is 0. The Morgan fingerprint density at radius 3 is 2.38 bits per heavy atom. The Morgan fingerprint density at radius 2 is 1.73 bits per heavy atom. The number of fused-ring (bicyclic) bond motifs is 1. The number of benzene rings is 1. The predicted octanol–water partition coefficient (Wildman–Crippen LogP) is 4.80. The molecule has 1 aromatic rings. The SMILES string of the molecule is CCCCC1=CC=C(C(C)(C)C2C=C(C(C)(C)C)c3ccccc32)C1.[H-].[Li+]. The molecule has 1 unspecified atom stereocenters. The first-order chi connectivity index (χ1) is 11.7. The molecule has 2 aliphatic rings. The molecule has 2 aliphatic carbocycles. The van der Waals surface area contributed by atoms with E-state index < -0.39 is 0 Å². The van der Waals surface area contributed by atoms with Gasteiger partial charge in [-0.05, 0) is 46.8 Å². The zero-order valence-corrected chi connectivity index (χ0v) is 17.9. The second-order valence-electron chi connectivity index (χ2n) is 9.41. The molecule has 0 aliphatic heterocycles. The van der Waals surface area contributed by atoms with Crippen molar-refractivity contribution in [2.75, 3.05) is 0 Å². The Hall–Kier alpha value is -0.963. The van der Waals surface area contributed by atoms with Crippen molar-refractivity contribution in [2.24, 2.45) is 10.8 Å².